The topological polar surface area (TPSA) is 57.3 Å². The van der Waals surface area contributed by atoms with Gasteiger partial charge in [0.05, 0.1) is 6.54 Å². The average molecular weight is 262 g/mol. The van der Waals surface area contributed by atoms with Crippen LogP contribution in [0.25, 0.3) is 0 Å². The van der Waals surface area contributed by atoms with Crippen molar-refractivity contribution in [3.8, 4) is 0 Å². The maximum Gasteiger partial charge on any atom is 0.239 e. The lowest BCUT2D eigenvalue weighted by Gasteiger charge is -2.20. The Morgan fingerprint density at radius 2 is 2.32 bits per heavy atom. The van der Waals surface area contributed by atoms with Crippen LogP contribution in [-0.4, -0.2) is 36.6 Å². The van der Waals surface area contributed by atoms with Crippen molar-refractivity contribution in [2.24, 2.45) is 0 Å². The number of aromatic nitrogens is 1. The van der Waals surface area contributed by atoms with Gasteiger partial charge in [-0.15, -0.1) is 0 Å². The van der Waals surface area contributed by atoms with Crippen LogP contribution in [0.3, 0.4) is 0 Å². The number of carbonyl (C=O) groups is 1. The molecule has 0 aromatic carbocycles. The monoisotopic (exact) mass is 262 g/mol. The molecule has 0 radical (unpaired) electrons. The molecule has 1 amide bonds. The van der Waals surface area contributed by atoms with Crippen LogP contribution < -0.4 is 15.5 Å². The number of hydrogen-bond acceptors (Lipinski definition) is 4. The van der Waals surface area contributed by atoms with Crippen LogP contribution in [0.5, 0.6) is 0 Å². The molecule has 1 fully saturated rings. The van der Waals surface area contributed by atoms with E-state index in [4.69, 9.17) is 0 Å². The fourth-order valence-electron chi connectivity index (χ4n) is 2.03. The second kappa shape index (κ2) is 6.52. The van der Waals surface area contributed by atoms with Crippen LogP contribution >= 0.6 is 0 Å². The highest BCUT2D eigenvalue weighted by atomic mass is 16.2. The molecule has 1 aromatic rings. The van der Waals surface area contributed by atoms with Gasteiger partial charge in [-0.05, 0) is 18.1 Å². The lowest BCUT2D eigenvalue weighted by atomic mass is 10.2. The first-order chi connectivity index (χ1) is 9.15. The fourth-order valence-corrected chi connectivity index (χ4v) is 2.03. The summed E-state index contributed by atoms with van der Waals surface area (Å²) in [5.74, 6) is 0.954. The number of rotatable bonds is 4. The van der Waals surface area contributed by atoms with E-state index in [1.54, 1.807) is 0 Å². The summed E-state index contributed by atoms with van der Waals surface area (Å²) in [6.07, 6.45) is 2.84. The molecule has 5 heteroatoms. The van der Waals surface area contributed by atoms with Crippen molar-refractivity contribution in [2.45, 2.75) is 32.9 Å². The molecule has 2 rings (SSSR count). The van der Waals surface area contributed by atoms with Crippen molar-refractivity contribution in [3.63, 3.8) is 0 Å². The van der Waals surface area contributed by atoms with Gasteiger partial charge in [-0.2, -0.15) is 0 Å². The third-order valence-corrected chi connectivity index (χ3v) is 3.11. The highest BCUT2D eigenvalue weighted by molar-refractivity contribution is 5.81. The molecule has 1 aromatic heterocycles. The van der Waals surface area contributed by atoms with Gasteiger partial charge in [-0.3, -0.25) is 4.79 Å². The fraction of sp³-hybridized carbons (Fsp3) is 0.571. The Morgan fingerprint density at radius 3 is 3.00 bits per heavy atom. The number of carbonyl (C=O) groups excluding carboxylic acids is 1. The number of amides is 1. The molecule has 2 heterocycles. The van der Waals surface area contributed by atoms with E-state index < -0.39 is 0 Å². The number of nitrogens with one attached hydrogen (secondary N) is 2. The summed E-state index contributed by atoms with van der Waals surface area (Å²) in [6, 6.07) is 4.53. The predicted octanol–water partition coefficient (Wildman–Crippen LogP) is 0.906. The maximum absolute atomic E-state index is 11.5. The van der Waals surface area contributed by atoms with Crippen LogP contribution in [0.2, 0.25) is 0 Å². The molecule has 1 aliphatic rings. The number of nitrogens with zero attached hydrogens (tertiary/aromatic N) is 2. The SMILES string of the molecule is CC(C)NCc1ccc(N2CCCNC(=O)C2)nc1. The number of anilines is 1. The Kier molecular flexibility index (Phi) is 4.74. The zero-order chi connectivity index (χ0) is 13.7. The van der Waals surface area contributed by atoms with Gasteiger partial charge >= 0.3 is 0 Å². The minimum Gasteiger partial charge on any atom is -0.354 e. The van der Waals surface area contributed by atoms with E-state index in [2.05, 4.69) is 35.5 Å². The van der Waals surface area contributed by atoms with Crippen LogP contribution in [0, 0.1) is 0 Å². The van der Waals surface area contributed by atoms with Gasteiger partial charge in [-0.25, -0.2) is 4.98 Å². The summed E-state index contributed by atoms with van der Waals surface area (Å²) >= 11 is 0. The second-order valence-corrected chi connectivity index (χ2v) is 5.19. The zero-order valence-electron chi connectivity index (χ0n) is 11.6. The van der Waals surface area contributed by atoms with Gasteiger partial charge < -0.3 is 15.5 Å². The predicted molar refractivity (Wildman–Crippen MR) is 76.1 cm³/mol. The summed E-state index contributed by atoms with van der Waals surface area (Å²) in [4.78, 5) is 18.0. The molecule has 104 valence electrons. The average Bonchev–Trinajstić information content (AvgIpc) is 2.62. The molecule has 2 N–H and O–H groups in total. The molecule has 0 aliphatic carbocycles. The minimum absolute atomic E-state index is 0.0739. The lowest BCUT2D eigenvalue weighted by Crippen LogP contribution is -2.33. The van der Waals surface area contributed by atoms with Crippen molar-refractivity contribution < 1.29 is 4.79 Å². The van der Waals surface area contributed by atoms with Crippen LogP contribution in [0.4, 0.5) is 5.82 Å². The summed E-state index contributed by atoms with van der Waals surface area (Å²) in [5.41, 5.74) is 1.16. The Morgan fingerprint density at radius 1 is 1.47 bits per heavy atom. The normalized spacial score (nSPS) is 16.4. The third kappa shape index (κ3) is 4.21. The molecule has 0 unspecified atom stereocenters. The van der Waals surface area contributed by atoms with E-state index in [1.807, 2.05) is 17.2 Å². The summed E-state index contributed by atoms with van der Waals surface area (Å²) in [5, 5.41) is 6.23. The van der Waals surface area contributed by atoms with Crippen molar-refractivity contribution in [2.75, 3.05) is 24.5 Å². The van der Waals surface area contributed by atoms with Gasteiger partial charge in [0, 0.05) is 31.9 Å². The van der Waals surface area contributed by atoms with Gasteiger partial charge in [-0.1, -0.05) is 19.9 Å². The zero-order valence-corrected chi connectivity index (χ0v) is 11.6. The van der Waals surface area contributed by atoms with Gasteiger partial charge in [0.15, 0.2) is 0 Å². The summed E-state index contributed by atoms with van der Waals surface area (Å²) in [7, 11) is 0. The van der Waals surface area contributed by atoms with E-state index in [-0.39, 0.29) is 5.91 Å². The van der Waals surface area contributed by atoms with Gasteiger partial charge in [0.25, 0.3) is 0 Å². The molecule has 1 saturated heterocycles. The molecule has 0 spiro atoms. The molecule has 0 saturated carbocycles. The van der Waals surface area contributed by atoms with Gasteiger partial charge in [0.2, 0.25) is 5.91 Å². The van der Waals surface area contributed by atoms with Crippen molar-refractivity contribution in [1.82, 2.24) is 15.6 Å². The van der Waals surface area contributed by atoms with Crippen LogP contribution in [-0.2, 0) is 11.3 Å². The number of hydrogen-bond donors (Lipinski definition) is 2. The van der Waals surface area contributed by atoms with Crippen LogP contribution in [0.15, 0.2) is 18.3 Å². The third-order valence-electron chi connectivity index (χ3n) is 3.11. The maximum atomic E-state index is 11.5. The Labute approximate surface area is 114 Å². The van der Waals surface area contributed by atoms with Gasteiger partial charge in [0.1, 0.15) is 5.82 Å². The molecule has 0 atom stereocenters. The van der Waals surface area contributed by atoms with E-state index in [0.717, 1.165) is 37.4 Å². The van der Waals surface area contributed by atoms with E-state index in [1.165, 1.54) is 0 Å². The van der Waals surface area contributed by atoms with Crippen molar-refractivity contribution in [1.29, 1.82) is 0 Å². The van der Waals surface area contributed by atoms with E-state index in [9.17, 15) is 4.79 Å². The van der Waals surface area contributed by atoms with Crippen LogP contribution in [0.1, 0.15) is 25.8 Å². The quantitative estimate of drug-likeness (QED) is 0.846. The standard InChI is InChI=1S/C14H22N4O/c1-11(2)16-8-12-4-5-13(17-9-12)18-7-3-6-15-14(19)10-18/h4-5,9,11,16H,3,6-8,10H2,1-2H3,(H,15,19). The summed E-state index contributed by atoms with van der Waals surface area (Å²) in [6.45, 7) is 7.10. The van der Waals surface area contributed by atoms with E-state index >= 15 is 0 Å². The first-order valence-corrected chi connectivity index (χ1v) is 6.85. The molecular weight excluding hydrogens is 240 g/mol. The number of pyridine rings is 1. The Bertz CT molecular complexity index is 416. The Balaban J connectivity index is 1.98. The van der Waals surface area contributed by atoms with E-state index in [0.29, 0.717) is 12.6 Å². The molecular formula is C14H22N4O. The van der Waals surface area contributed by atoms with Crippen molar-refractivity contribution >= 4 is 11.7 Å². The minimum atomic E-state index is 0.0739. The molecule has 5 nitrogen and oxygen atoms in total. The lowest BCUT2D eigenvalue weighted by molar-refractivity contribution is -0.119. The second-order valence-electron chi connectivity index (χ2n) is 5.19. The largest absolute Gasteiger partial charge is 0.354 e. The molecule has 0 bridgehead atoms. The molecule has 1 aliphatic heterocycles. The highest BCUT2D eigenvalue weighted by Crippen LogP contribution is 2.12. The molecule has 19 heavy (non-hydrogen) atoms. The van der Waals surface area contributed by atoms with Crippen molar-refractivity contribution in [3.05, 3.63) is 23.9 Å². The Hall–Kier alpha value is -1.62. The highest BCUT2D eigenvalue weighted by Gasteiger charge is 2.15. The first-order valence-electron chi connectivity index (χ1n) is 6.85. The summed E-state index contributed by atoms with van der Waals surface area (Å²) < 4.78 is 0. The smallest absolute Gasteiger partial charge is 0.239 e. The first kappa shape index (κ1) is 13.8.